The van der Waals surface area contributed by atoms with Crippen LogP contribution in [0.1, 0.15) is 22.8 Å². The second-order valence-electron chi connectivity index (χ2n) is 4.91. The van der Waals surface area contributed by atoms with Crippen molar-refractivity contribution in [1.82, 2.24) is 14.8 Å². The molecule has 23 heavy (non-hydrogen) atoms. The van der Waals surface area contributed by atoms with Gasteiger partial charge in [-0.25, -0.2) is 4.79 Å². The molecule has 0 aliphatic heterocycles. The largest absolute Gasteiger partial charge is 0.462 e. The van der Waals surface area contributed by atoms with E-state index in [1.54, 1.807) is 17.8 Å². The van der Waals surface area contributed by atoms with Gasteiger partial charge in [-0.1, -0.05) is 17.7 Å². The van der Waals surface area contributed by atoms with E-state index in [0.717, 1.165) is 16.5 Å². The lowest BCUT2D eigenvalue weighted by molar-refractivity contribution is 0.0525. The third kappa shape index (κ3) is 3.38. The van der Waals surface area contributed by atoms with Crippen LogP contribution in [0.25, 0.3) is 10.9 Å². The van der Waals surface area contributed by atoms with Gasteiger partial charge in [0.15, 0.2) is 0 Å². The normalized spacial score (nSPS) is 10.9. The number of rotatable bonds is 4. The Bertz CT molecular complexity index is 879. The van der Waals surface area contributed by atoms with Gasteiger partial charge >= 0.3 is 5.97 Å². The van der Waals surface area contributed by atoms with E-state index in [9.17, 15) is 4.79 Å². The highest BCUT2D eigenvalue weighted by molar-refractivity contribution is 9.10. The number of hydrogen-bond acceptors (Lipinski definition) is 4. The van der Waals surface area contributed by atoms with Crippen molar-refractivity contribution in [2.45, 2.75) is 13.5 Å². The van der Waals surface area contributed by atoms with E-state index in [1.165, 1.54) is 6.20 Å². The highest BCUT2D eigenvalue weighted by atomic mass is 79.9. The third-order valence-corrected chi connectivity index (χ3v) is 4.36. The monoisotopic (exact) mass is 393 g/mol. The van der Waals surface area contributed by atoms with Gasteiger partial charge in [0, 0.05) is 11.6 Å². The maximum Gasteiger partial charge on any atom is 0.342 e. The molecule has 0 spiro atoms. The van der Waals surface area contributed by atoms with Crippen LogP contribution in [0.2, 0.25) is 5.02 Å². The molecule has 118 valence electrons. The molecule has 0 aliphatic carbocycles. The average Bonchev–Trinajstić information content (AvgIpc) is 2.88. The van der Waals surface area contributed by atoms with Crippen LogP contribution < -0.4 is 0 Å². The Hall–Kier alpha value is -1.92. The Morgan fingerprint density at radius 1 is 1.35 bits per heavy atom. The zero-order chi connectivity index (χ0) is 16.4. The zero-order valence-corrected chi connectivity index (χ0v) is 14.6. The minimum Gasteiger partial charge on any atom is -0.462 e. The van der Waals surface area contributed by atoms with Crippen molar-refractivity contribution in [2.75, 3.05) is 6.61 Å². The fourth-order valence-electron chi connectivity index (χ4n) is 2.25. The van der Waals surface area contributed by atoms with Crippen LogP contribution >= 0.6 is 27.5 Å². The van der Waals surface area contributed by atoms with Crippen LogP contribution in [-0.2, 0) is 11.3 Å². The molecular weight excluding hydrogens is 382 g/mol. The van der Waals surface area contributed by atoms with E-state index in [1.807, 2.05) is 24.3 Å². The summed E-state index contributed by atoms with van der Waals surface area (Å²) in [7, 11) is 0. The average molecular weight is 395 g/mol. The number of hydrogen-bond donors (Lipinski definition) is 0. The molecule has 3 rings (SSSR count). The highest BCUT2D eigenvalue weighted by Gasteiger charge is 2.16. The first-order valence-corrected chi connectivity index (χ1v) is 8.18. The van der Waals surface area contributed by atoms with Crippen molar-refractivity contribution in [3.05, 3.63) is 57.4 Å². The van der Waals surface area contributed by atoms with Gasteiger partial charge in [-0.15, -0.1) is 0 Å². The molecule has 5 nitrogen and oxygen atoms in total. The summed E-state index contributed by atoms with van der Waals surface area (Å²) < 4.78 is 7.30. The number of aromatic nitrogens is 3. The van der Waals surface area contributed by atoms with Gasteiger partial charge in [0.1, 0.15) is 10.2 Å². The molecule has 0 atom stereocenters. The predicted octanol–water partition coefficient (Wildman–Crippen LogP) is 4.07. The van der Waals surface area contributed by atoms with E-state index in [-0.39, 0.29) is 5.97 Å². The summed E-state index contributed by atoms with van der Waals surface area (Å²) >= 11 is 9.39. The molecule has 0 N–H and O–H groups in total. The molecule has 0 aliphatic rings. The quantitative estimate of drug-likeness (QED) is 0.626. The van der Waals surface area contributed by atoms with E-state index in [2.05, 4.69) is 26.0 Å². The Morgan fingerprint density at radius 2 is 2.17 bits per heavy atom. The summed E-state index contributed by atoms with van der Waals surface area (Å²) in [6.45, 7) is 2.61. The molecule has 2 heterocycles. The van der Waals surface area contributed by atoms with Crippen LogP contribution in [-0.4, -0.2) is 27.3 Å². The number of benzene rings is 1. The van der Waals surface area contributed by atoms with Gasteiger partial charge < -0.3 is 4.74 Å². The number of halogens is 2. The number of nitrogens with zero attached hydrogens (tertiary/aromatic N) is 3. The summed E-state index contributed by atoms with van der Waals surface area (Å²) in [4.78, 5) is 16.1. The van der Waals surface area contributed by atoms with Crippen LogP contribution in [0.3, 0.4) is 0 Å². The van der Waals surface area contributed by atoms with Crippen LogP contribution in [0.4, 0.5) is 0 Å². The number of fused-ring (bicyclic) bond motifs is 1. The Balaban J connectivity index is 1.89. The lowest BCUT2D eigenvalue weighted by atomic mass is 10.1. The first kappa shape index (κ1) is 16.0. The molecule has 0 bridgehead atoms. The van der Waals surface area contributed by atoms with Gasteiger partial charge in [0.25, 0.3) is 0 Å². The molecule has 0 saturated carbocycles. The molecule has 7 heteroatoms. The minimum absolute atomic E-state index is 0.328. The number of esters is 1. The number of pyridine rings is 1. The molecule has 3 aromatic rings. The van der Waals surface area contributed by atoms with Crippen LogP contribution in [0, 0.1) is 0 Å². The summed E-state index contributed by atoms with van der Waals surface area (Å²) in [5.74, 6) is -0.389. The van der Waals surface area contributed by atoms with Crippen molar-refractivity contribution in [3.8, 4) is 0 Å². The Morgan fingerprint density at radius 3 is 2.96 bits per heavy atom. The molecule has 2 aromatic heterocycles. The smallest absolute Gasteiger partial charge is 0.342 e. The van der Waals surface area contributed by atoms with Crippen molar-refractivity contribution < 1.29 is 9.53 Å². The Kier molecular flexibility index (Phi) is 4.63. The summed E-state index contributed by atoms with van der Waals surface area (Å²) in [5.41, 5.74) is 2.32. The second kappa shape index (κ2) is 6.68. The molecule has 0 radical (unpaired) electrons. The minimum atomic E-state index is -0.389. The van der Waals surface area contributed by atoms with Crippen LogP contribution in [0.5, 0.6) is 0 Å². The SMILES string of the molecule is CCOC(=O)c1cnn(Cc2ccc3ncc(Cl)cc3c2)c1Br. The molecule has 1 aromatic carbocycles. The summed E-state index contributed by atoms with van der Waals surface area (Å²) in [6, 6.07) is 7.79. The van der Waals surface area contributed by atoms with Gasteiger partial charge in [-0.05, 0) is 46.6 Å². The summed E-state index contributed by atoms with van der Waals surface area (Å²) in [6.07, 6.45) is 3.13. The first-order valence-electron chi connectivity index (χ1n) is 7.01. The van der Waals surface area contributed by atoms with Gasteiger partial charge in [0.05, 0.1) is 29.9 Å². The van der Waals surface area contributed by atoms with Crippen molar-refractivity contribution in [2.24, 2.45) is 0 Å². The lowest BCUT2D eigenvalue weighted by Crippen LogP contribution is -2.06. The molecule has 0 unspecified atom stereocenters. The fraction of sp³-hybridized carbons (Fsp3) is 0.188. The lowest BCUT2D eigenvalue weighted by Gasteiger charge is -2.06. The zero-order valence-electron chi connectivity index (χ0n) is 12.3. The van der Waals surface area contributed by atoms with Crippen molar-refractivity contribution in [1.29, 1.82) is 0 Å². The van der Waals surface area contributed by atoms with Gasteiger partial charge in [0.2, 0.25) is 0 Å². The van der Waals surface area contributed by atoms with Gasteiger partial charge in [-0.2, -0.15) is 5.10 Å². The fourth-order valence-corrected chi connectivity index (χ4v) is 2.90. The molecule has 0 fully saturated rings. The standard InChI is InChI=1S/C16H13BrClN3O2/c1-2-23-16(22)13-8-20-21(15(13)17)9-10-3-4-14-11(5-10)6-12(18)7-19-14/h3-8H,2,9H2,1H3. The van der Waals surface area contributed by atoms with E-state index < -0.39 is 0 Å². The second-order valence-corrected chi connectivity index (χ2v) is 6.10. The van der Waals surface area contributed by atoms with E-state index in [4.69, 9.17) is 16.3 Å². The highest BCUT2D eigenvalue weighted by Crippen LogP contribution is 2.21. The van der Waals surface area contributed by atoms with Crippen molar-refractivity contribution in [3.63, 3.8) is 0 Å². The first-order chi connectivity index (χ1) is 11.1. The summed E-state index contributed by atoms with van der Waals surface area (Å²) in [5, 5.41) is 5.80. The Labute approximate surface area is 146 Å². The maximum atomic E-state index is 11.8. The van der Waals surface area contributed by atoms with E-state index in [0.29, 0.717) is 28.3 Å². The molecular formula is C16H13BrClN3O2. The number of carbonyl (C=O) groups excluding carboxylic acids is 1. The molecule has 0 saturated heterocycles. The third-order valence-electron chi connectivity index (χ3n) is 3.32. The van der Waals surface area contributed by atoms with Crippen molar-refractivity contribution >= 4 is 44.4 Å². The van der Waals surface area contributed by atoms with E-state index >= 15 is 0 Å². The van der Waals surface area contributed by atoms with Gasteiger partial charge in [-0.3, -0.25) is 9.67 Å². The number of ether oxygens (including phenoxy) is 1. The number of carbonyl (C=O) groups is 1. The maximum absolute atomic E-state index is 11.8. The molecule has 0 amide bonds. The predicted molar refractivity (Wildman–Crippen MR) is 91.7 cm³/mol. The van der Waals surface area contributed by atoms with Crippen LogP contribution in [0.15, 0.2) is 41.3 Å². The topological polar surface area (TPSA) is 57.0 Å².